The molecule has 2 heteroatoms. The van der Waals surface area contributed by atoms with Crippen molar-refractivity contribution in [1.29, 1.82) is 0 Å². The summed E-state index contributed by atoms with van der Waals surface area (Å²) in [6, 6.07) is 0. The monoisotopic (exact) mass is 268 g/mol. The van der Waals surface area contributed by atoms with Crippen molar-refractivity contribution in [2.75, 3.05) is 0 Å². The van der Waals surface area contributed by atoms with E-state index in [1.54, 1.807) is 0 Å². The van der Waals surface area contributed by atoms with Crippen molar-refractivity contribution in [3.05, 3.63) is 12.7 Å². The van der Waals surface area contributed by atoms with Crippen LogP contribution in [0.2, 0.25) is 0 Å². The number of esters is 1. The molecule has 2 nitrogen and oxygen atoms in total. The highest BCUT2D eigenvalue weighted by Gasteiger charge is 2.24. The van der Waals surface area contributed by atoms with E-state index < -0.39 is 0 Å². The van der Waals surface area contributed by atoms with Gasteiger partial charge < -0.3 is 4.74 Å². The Balaban J connectivity index is 4.51. The van der Waals surface area contributed by atoms with Crippen molar-refractivity contribution >= 4 is 5.97 Å². The summed E-state index contributed by atoms with van der Waals surface area (Å²) >= 11 is 0. The van der Waals surface area contributed by atoms with Gasteiger partial charge in [-0.25, -0.2) is 0 Å². The third kappa shape index (κ3) is 8.85. The lowest BCUT2D eigenvalue weighted by atomic mass is 9.81. The van der Waals surface area contributed by atoms with E-state index in [4.69, 9.17) is 4.74 Å². The van der Waals surface area contributed by atoms with Gasteiger partial charge in [-0.05, 0) is 51.9 Å². The maximum absolute atomic E-state index is 12.0. The lowest BCUT2D eigenvalue weighted by Crippen LogP contribution is -2.27. The summed E-state index contributed by atoms with van der Waals surface area (Å²) in [7, 11) is 0. The fraction of sp³-hybridized carbons (Fsp3) is 0.824. The first-order valence-electron chi connectivity index (χ1n) is 7.66. The molecule has 0 rings (SSSR count). The van der Waals surface area contributed by atoms with Crippen LogP contribution in [0.4, 0.5) is 0 Å². The molecule has 112 valence electrons. The van der Waals surface area contributed by atoms with E-state index in [9.17, 15) is 4.79 Å². The van der Waals surface area contributed by atoms with Crippen LogP contribution in [0.25, 0.3) is 0 Å². The van der Waals surface area contributed by atoms with E-state index in [-0.39, 0.29) is 11.6 Å². The molecular formula is C17H32O2. The second-order valence-corrected chi connectivity index (χ2v) is 6.37. The quantitative estimate of drug-likeness (QED) is 0.428. The summed E-state index contributed by atoms with van der Waals surface area (Å²) in [6.07, 6.45) is 8.05. The van der Waals surface area contributed by atoms with Crippen LogP contribution in [-0.2, 0) is 9.53 Å². The van der Waals surface area contributed by atoms with Gasteiger partial charge in [0.1, 0.15) is 5.60 Å². The van der Waals surface area contributed by atoms with E-state index in [1.807, 2.05) is 26.8 Å². The van der Waals surface area contributed by atoms with Crippen LogP contribution in [0.1, 0.15) is 73.1 Å². The number of hydrogen-bond acceptors (Lipinski definition) is 2. The summed E-state index contributed by atoms with van der Waals surface area (Å²) < 4.78 is 5.45. The zero-order chi connectivity index (χ0) is 14.9. The number of hydrogen-bond donors (Lipinski definition) is 0. The molecule has 0 aliphatic heterocycles. The zero-order valence-electron chi connectivity index (χ0n) is 13.5. The lowest BCUT2D eigenvalue weighted by molar-refractivity contribution is -0.156. The Morgan fingerprint density at radius 2 is 1.84 bits per heavy atom. The van der Waals surface area contributed by atoms with Gasteiger partial charge in [0.05, 0.1) is 0 Å². The number of allylic oxidation sites excluding steroid dienone is 1. The van der Waals surface area contributed by atoms with Gasteiger partial charge in [-0.1, -0.05) is 32.8 Å². The van der Waals surface area contributed by atoms with Crippen LogP contribution in [0.3, 0.4) is 0 Å². The molecule has 0 radical (unpaired) electrons. The number of carbonyl (C=O) groups is 1. The average molecular weight is 268 g/mol. The van der Waals surface area contributed by atoms with Crippen molar-refractivity contribution in [1.82, 2.24) is 0 Å². The zero-order valence-corrected chi connectivity index (χ0v) is 13.5. The first-order chi connectivity index (χ1) is 8.84. The van der Waals surface area contributed by atoms with Gasteiger partial charge in [0.15, 0.2) is 0 Å². The van der Waals surface area contributed by atoms with E-state index >= 15 is 0 Å². The molecule has 2 atom stereocenters. The first-order valence-corrected chi connectivity index (χ1v) is 7.66. The highest BCUT2D eigenvalue weighted by Crippen LogP contribution is 2.29. The highest BCUT2D eigenvalue weighted by atomic mass is 16.6. The first kappa shape index (κ1) is 18.2. The fourth-order valence-corrected chi connectivity index (χ4v) is 2.58. The van der Waals surface area contributed by atoms with Crippen molar-refractivity contribution in [3.8, 4) is 0 Å². The maximum atomic E-state index is 12.0. The van der Waals surface area contributed by atoms with Crippen LogP contribution < -0.4 is 0 Å². The molecule has 0 amide bonds. The van der Waals surface area contributed by atoms with Crippen LogP contribution in [0.15, 0.2) is 12.7 Å². The standard InChI is InChI=1S/C17H32O2/c1-7-10-12-14(9-3)15(11-8-2)13-16(18)19-17(4,5)6/h7,14-15H,1,8-13H2,2-6H3. The van der Waals surface area contributed by atoms with Gasteiger partial charge in [-0.3, -0.25) is 4.79 Å². The highest BCUT2D eigenvalue weighted by molar-refractivity contribution is 5.70. The van der Waals surface area contributed by atoms with Crippen molar-refractivity contribution in [2.45, 2.75) is 78.7 Å². The van der Waals surface area contributed by atoms with E-state index in [2.05, 4.69) is 20.4 Å². The molecule has 0 aromatic heterocycles. The van der Waals surface area contributed by atoms with Crippen molar-refractivity contribution < 1.29 is 9.53 Å². The molecule has 0 heterocycles. The molecule has 0 aliphatic rings. The number of ether oxygens (including phenoxy) is 1. The molecule has 0 bridgehead atoms. The predicted molar refractivity (Wildman–Crippen MR) is 82.1 cm³/mol. The molecule has 0 saturated heterocycles. The summed E-state index contributed by atoms with van der Waals surface area (Å²) in [6.45, 7) is 14.0. The van der Waals surface area contributed by atoms with Crippen LogP contribution in [0, 0.1) is 11.8 Å². The number of carbonyl (C=O) groups excluding carboxylic acids is 1. The van der Waals surface area contributed by atoms with Crippen LogP contribution in [0.5, 0.6) is 0 Å². The van der Waals surface area contributed by atoms with Gasteiger partial charge >= 0.3 is 5.97 Å². The lowest BCUT2D eigenvalue weighted by Gasteiger charge is -2.27. The molecule has 0 saturated carbocycles. The number of rotatable bonds is 9. The van der Waals surface area contributed by atoms with E-state index in [0.717, 1.165) is 32.1 Å². The molecular weight excluding hydrogens is 236 g/mol. The minimum atomic E-state index is -0.378. The molecule has 0 spiro atoms. The molecule has 0 aliphatic carbocycles. The van der Waals surface area contributed by atoms with Crippen LogP contribution in [-0.4, -0.2) is 11.6 Å². The van der Waals surface area contributed by atoms with E-state index in [0.29, 0.717) is 18.3 Å². The SMILES string of the molecule is C=CCCC(CC)C(CCC)CC(=O)OC(C)(C)C. The van der Waals surface area contributed by atoms with Crippen molar-refractivity contribution in [3.63, 3.8) is 0 Å². The summed E-state index contributed by atoms with van der Waals surface area (Å²) in [4.78, 5) is 12.0. The summed E-state index contributed by atoms with van der Waals surface area (Å²) in [5.74, 6) is 0.998. The Hall–Kier alpha value is -0.790. The summed E-state index contributed by atoms with van der Waals surface area (Å²) in [5.41, 5.74) is -0.378. The van der Waals surface area contributed by atoms with Gasteiger partial charge in [0, 0.05) is 6.42 Å². The van der Waals surface area contributed by atoms with Gasteiger partial charge in [-0.15, -0.1) is 6.58 Å². The van der Waals surface area contributed by atoms with Crippen molar-refractivity contribution in [2.24, 2.45) is 11.8 Å². The average Bonchev–Trinajstić information content (AvgIpc) is 2.27. The van der Waals surface area contributed by atoms with Gasteiger partial charge in [0.25, 0.3) is 0 Å². The fourth-order valence-electron chi connectivity index (χ4n) is 2.58. The normalized spacial score (nSPS) is 14.8. The Bertz CT molecular complexity index is 263. The second kappa shape index (κ2) is 9.17. The Morgan fingerprint density at radius 3 is 2.26 bits per heavy atom. The smallest absolute Gasteiger partial charge is 0.306 e. The second-order valence-electron chi connectivity index (χ2n) is 6.37. The van der Waals surface area contributed by atoms with Crippen LogP contribution >= 0.6 is 0 Å². The molecule has 2 unspecified atom stereocenters. The van der Waals surface area contributed by atoms with Gasteiger partial charge in [-0.2, -0.15) is 0 Å². The predicted octanol–water partition coefficient (Wildman–Crippen LogP) is 5.13. The molecule has 0 N–H and O–H groups in total. The van der Waals surface area contributed by atoms with E-state index in [1.165, 1.54) is 0 Å². The third-order valence-electron chi connectivity index (χ3n) is 3.44. The third-order valence-corrected chi connectivity index (χ3v) is 3.44. The molecule has 0 fully saturated rings. The molecule has 0 aromatic rings. The Morgan fingerprint density at radius 1 is 1.21 bits per heavy atom. The van der Waals surface area contributed by atoms with Gasteiger partial charge in [0.2, 0.25) is 0 Å². The maximum Gasteiger partial charge on any atom is 0.306 e. The Kier molecular flexibility index (Phi) is 8.79. The largest absolute Gasteiger partial charge is 0.460 e. The minimum absolute atomic E-state index is 0.0528. The minimum Gasteiger partial charge on any atom is -0.460 e. The topological polar surface area (TPSA) is 26.3 Å². The molecule has 19 heavy (non-hydrogen) atoms. The summed E-state index contributed by atoms with van der Waals surface area (Å²) in [5, 5.41) is 0. The molecule has 0 aromatic carbocycles. The Labute approximate surface area is 119 Å².